The summed E-state index contributed by atoms with van der Waals surface area (Å²) < 4.78 is 42.4. The highest BCUT2D eigenvalue weighted by molar-refractivity contribution is 7.84. The lowest BCUT2D eigenvalue weighted by molar-refractivity contribution is -0.196. The van der Waals surface area contributed by atoms with E-state index in [1.54, 1.807) is 0 Å². The van der Waals surface area contributed by atoms with Gasteiger partial charge in [-0.25, -0.2) is 4.18 Å². The van der Waals surface area contributed by atoms with Crippen molar-refractivity contribution in [3.05, 3.63) is 35.9 Å². The summed E-state index contributed by atoms with van der Waals surface area (Å²) in [6.07, 6.45) is 0.317. The summed E-state index contributed by atoms with van der Waals surface area (Å²) in [5, 5.41) is 0. The van der Waals surface area contributed by atoms with Gasteiger partial charge in [-0.05, 0) is 18.4 Å². The van der Waals surface area contributed by atoms with E-state index >= 15 is 0 Å². The van der Waals surface area contributed by atoms with Crippen LogP contribution in [0, 0.1) is 0 Å². The second-order valence-corrected chi connectivity index (χ2v) is 6.71. The van der Waals surface area contributed by atoms with Gasteiger partial charge in [0.25, 0.3) is 0 Å². The lowest BCUT2D eigenvalue weighted by Gasteiger charge is -2.24. The van der Waals surface area contributed by atoms with Gasteiger partial charge in [0.05, 0.1) is 0 Å². The van der Waals surface area contributed by atoms with E-state index in [2.05, 4.69) is 4.72 Å². The van der Waals surface area contributed by atoms with Gasteiger partial charge in [-0.2, -0.15) is 13.1 Å². The van der Waals surface area contributed by atoms with Gasteiger partial charge in [-0.3, -0.25) is 0 Å². The molecule has 6 nitrogen and oxygen atoms in total. The maximum Gasteiger partial charge on any atom is 0.338 e. The minimum absolute atomic E-state index is 0.481. The fourth-order valence-electron chi connectivity index (χ4n) is 2.47. The number of rotatable bonds is 7. The normalized spacial score (nSPS) is 24.5. The van der Waals surface area contributed by atoms with E-state index in [-0.39, 0.29) is 0 Å². The third kappa shape index (κ3) is 4.05. The molecule has 0 amide bonds. The van der Waals surface area contributed by atoms with Crippen molar-refractivity contribution >= 4 is 10.3 Å². The predicted octanol–water partition coefficient (Wildman–Crippen LogP) is 1.97. The van der Waals surface area contributed by atoms with Gasteiger partial charge in [-0.15, -0.1) is 0 Å². The van der Waals surface area contributed by atoms with Crippen LogP contribution in [0.15, 0.2) is 30.3 Å². The lowest BCUT2D eigenvalue weighted by atomic mass is 10.1. The van der Waals surface area contributed by atoms with E-state index in [0.717, 1.165) is 5.56 Å². The van der Waals surface area contributed by atoms with Crippen molar-refractivity contribution in [3.8, 4) is 0 Å². The van der Waals surface area contributed by atoms with Crippen LogP contribution >= 0.6 is 0 Å². The highest BCUT2D eigenvalue weighted by atomic mass is 32.2. The molecule has 0 aliphatic carbocycles. The molecule has 0 aromatic heterocycles. The average Bonchev–Trinajstić information content (AvgIpc) is 2.86. The molecule has 2 rings (SSSR count). The summed E-state index contributed by atoms with van der Waals surface area (Å²) in [5.41, 5.74) is 1.04. The zero-order valence-corrected chi connectivity index (χ0v) is 13.9. The summed E-state index contributed by atoms with van der Waals surface area (Å²) in [7, 11) is -2.55. The Labute approximate surface area is 132 Å². The standard InChI is InChI=1S/C15H23NO5S/c1-4-15(5-2)19-13(11-12-9-7-6-8-10-12)14(20-15)21-22(17,18)16-3/h6-10,13-14,16H,4-5,11H2,1-3H3. The Kier molecular flexibility index (Phi) is 5.57. The molecular formula is C15H23NO5S. The van der Waals surface area contributed by atoms with E-state index in [1.165, 1.54) is 7.05 Å². The first-order valence-electron chi connectivity index (χ1n) is 7.45. The molecule has 1 N–H and O–H groups in total. The molecule has 1 aliphatic rings. The third-order valence-electron chi connectivity index (χ3n) is 3.83. The van der Waals surface area contributed by atoms with Crippen LogP contribution < -0.4 is 4.72 Å². The first kappa shape index (κ1) is 17.4. The van der Waals surface area contributed by atoms with Gasteiger partial charge in [0.15, 0.2) is 5.79 Å². The van der Waals surface area contributed by atoms with Crippen molar-refractivity contribution in [1.29, 1.82) is 0 Å². The van der Waals surface area contributed by atoms with Gasteiger partial charge < -0.3 is 9.47 Å². The average molecular weight is 329 g/mol. The Hall–Kier alpha value is -0.990. The van der Waals surface area contributed by atoms with E-state index in [4.69, 9.17) is 13.7 Å². The number of ether oxygens (including phenoxy) is 2. The first-order valence-corrected chi connectivity index (χ1v) is 8.85. The SMILES string of the molecule is CCC1(CC)OC(Cc2ccccc2)C(OS(=O)(=O)NC)O1. The van der Waals surface area contributed by atoms with E-state index in [9.17, 15) is 8.42 Å². The Bertz CT molecular complexity index is 571. The molecule has 1 aromatic carbocycles. The van der Waals surface area contributed by atoms with Gasteiger partial charge in [0.1, 0.15) is 6.10 Å². The van der Waals surface area contributed by atoms with Crippen molar-refractivity contribution in [2.45, 2.75) is 51.3 Å². The number of hydrogen-bond acceptors (Lipinski definition) is 5. The minimum atomic E-state index is -3.85. The summed E-state index contributed by atoms with van der Waals surface area (Å²) in [4.78, 5) is 0. The van der Waals surface area contributed by atoms with E-state index in [0.29, 0.717) is 19.3 Å². The van der Waals surface area contributed by atoms with Crippen LogP contribution in [0.1, 0.15) is 32.3 Å². The molecule has 2 unspecified atom stereocenters. The quantitative estimate of drug-likeness (QED) is 0.828. The summed E-state index contributed by atoms with van der Waals surface area (Å²) in [6, 6.07) is 9.71. The Morgan fingerprint density at radius 3 is 2.36 bits per heavy atom. The monoisotopic (exact) mass is 329 g/mol. The van der Waals surface area contributed by atoms with Crippen LogP contribution in [0.3, 0.4) is 0 Å². The molecule has 0 radical (unpaired) electrons. The minimum Gasteiger partial charge on any atom is -0.341 e. The molecule has 124 valence electrons. The highest BCUT2D eigenvalue weighted by Gasteiger charge is 2.47. The molecular weight excluding hydrogens is 306 g/mol. The highest BCUT2D eigenvalue weighted by Crippen LogP contribution is 2.36. The van der Waals surface area contributed by atoms with Gasteiger partial charge in [0, 0.05) is 13.5 Å². The molecule has 22 heavy (non-hydrogen) atoms. The molecule has 7 heteroatoms. The molecule has 1 fully saturated rings. The zero-order chi connectivity index (χ0) is 16.2. The van der Waals surface area contributed by atoms with Crippen LogP contribution in [-0.4, -0.2) is 33.6 Å². The topological polar surface area (TPSA) is 73.9 Å². The molecule has 1 heterocycles. The van der Waals surface area contributed by atoms with Crippen molar-refractivity contribution < 1.29 is 22.1 Å². The largest absolute Gasteiger partial charge is 0.341 e. The number of benzene rings is 1. The third-order valence-corrected chi connectivity index (χ3v) is 4.77. The summed E-state index contributed by atoms with van der Waals surface area (Å²) >= 11 is 0. The van der Waals surface area contributed by atoms with Crippen LogP contribution in [0.2, 0.25) is 0 Å². The second kappa shape index (κ2) is 7.06. The van der Waals surface area contributed by atoms with E-state index < -0.39 is 28.5 Å². The Balaban J connectivity index is 2.19. The van der Waals surface area contributed by atoms with Crippen molar-refractivity contribution in [1.82, 2.24) is 4.72 Å². The number of nitrogens with one attached hydrogen (secondary N) is 1. The molecule has 1 saturated heterocycles. The smallest absolute Gasteiger partial charge is 0.338 e. The molecule has 2 atom stereocenters. The molecule has 1 aliphatic heterocycles. The van der Waals surface area contributed by atoms with E-state index in [1.807, 2.05) is 44.2 Å². The van der Waals surface area contributed by atoms with Crippen LogP contribution in [-0.2, 0) is 30.4 Å². The fourth-order valence-corrected chi connectivity index (χ4v) is 2.98. The van der Waals surface area contributed by atoms with Gasteiger partial charge >= 0.3 is 10.3 Å². The maximum absolute atomic E-state index is 11.7. The van der Waals surface area contributed by atoms with Crippen molar-refractivity contribution in [2.75, 3.05) is 7.05 Å². The van der Waals surface area contributed by atoms with Crippen LogP contribution in [0.25, 0.3) is 0 Å². The Morgan fingerprint density at radius 1 is 1.18 bits per heavy atom. The molecule has 0 spiro atoms. The molecule has 0 bridgehead atoms. The lowest BCUT2D eigenvalue weighted by Crippen LogP contribution is -2.34. The first-order chi connectivity index (χ1) is 10.4. The second-order valence-electron chi connectivity index (χ2n) is 5.20. The van der Waals surface area contributed by atoms with Crippen LogP contribution in [0.4, 0.5) is 0 Å². The van der Waals surface area contributed by atoms with Gasteiger partial charge in [-0.1, -0.05) is 44.2 Å². The molecule has 1 aromatic rings. The molecule has 0 saturated carbocycles. The van der Waals surface area contributed by atoms with Crippen LogP contribution in [0.5, 0.6) is 0 Å². The zero-order valence-electron chi connectivity index (χ0n) is 13.1. The van der Waals surface area contributed by atoms with Crippen molar-refractivity contribution in [2.24, 2.45) is 0 Å². The summed E-state index contributed by atoms with van der Waals surface area (Å²) in [6.45, 7) is 3.88. The fraction of sp³-hybridized carbons (Fsp3) is 0.600. The maximum atomic E-state index is 11.7. The Morgan fingerprint density at radius 2 is 1.82 bits per heavy atom. The predicted molar refractivity (Wildman–Crippen MR) is 82.3 cm³/mol. The van der Waals surface area contributed by atoms with Gasteiger partial charge in [0.2, 0.25) is 6.29 Å². The van der Waals surface area contributed by atoms with Crippen molar-refractivity contribution in [3.63, 3.8) is 0 Å². The summed E-state index contributed by atoms with van der Waals surface area (Å²) in [5.74, 6) is -0.798. The number of hydrogen-bond donors (Lipinski definition) is 1.